The SMILES string of the molecule is Cc1c(C(=O)C(N)=O)cc(C(=O)Nc2ccc(F)c(C#N)c2)n1C. The Balaban J connectivity index is 2.34. The molecule has 7 nitrogen and oxygen atoms in total. The predicted octanol–water partition coefficient (Wildman–Crippen LogP) is 1.26. The number of carbonyl (C=O) groups excluding carboxylic acids is 3. The molecule has 0 spiro atoms. The predicted molar refractivity (Wildman–Crippen MR) is 82.7 cm³/mol. The summed E-state index contributed by atoms with van der Waals surface area (Å²) in [5.41, 5.74) is 5.54. The zero-order valence-corrected chi connectivity index (χ0v) is 12.9. The van der Waals surface area contributed by atoms with E-state index in [2.05, 4.69) is 5.32 Å². The molecule has 8 heteroatoms. The van der Waals surface area contributed by atoms with Crippen molar-refractivity contribution in [1.82, 2.24) is 4.57 Å². The second-order valence-corrected chi connectivity index (χ2v) is 5.04. The van der Waals surface area contributed by atoms with E-state index in [0.717, 1.165) is 6.07 Å². The number of hydrogen-bond donors (Lipinski definition) is 2. The van der Waals surface area contributed by atoms with Crippen molar-refractivity contribution in [2.75, 3.05) is 5.32 Å². The number of nitrogens with one attached hydrogen (secondary N) is 1. The molecule has 2 amide bonds. The van der Waals surface area contributed by atoms with Crippen molar-refractivity contribution < 1.29 is 18.8 Å². The molecule has 0 fully saturated rings. The number of nitrogens with two attached hydrogens (primary N) is 1. The molecule has 1 aromatic carbocycles. The van der Waals surface area contributed by atoms with Crippen LogP contribution in [0.2, 0.25) is 0 Å². The number of hydrogen-bond acceptors (Lipinski definition) is 4. The standard InChI is InChI=1S/C16H13FN4O3/c1-8-11(14(22)15(19)23)6-13(21(8)2)16(24)20-10-3-4-12(17)9(5-10)7-18/h3-6H,1-2H3,(H2,19,23)(H,20,24). The number of ketones is 1. The molecule has 0 aliphatic rings. The molecule has 0 radical (unpaired) electrons. The van der Waals surface area contributed by atoms with E-state index >= 15 is 0 Å². The zero-order chi connectivity index (χ0) is 18.0. The fourth-order valence-electron chi connectivity index (χ4n) is 2.16. The fraction of sp³-hybridized carbons (Fsp3) is 0.125. The Kier molecular flexibility index (Phi) is 4.46. The quantitative estimate of drug-likeness (QED) is 0.649. The molecule has 2 rings (SSSR count). The van der Waals surface area contributed by atoms with Gasteiger partial charge >= 0.3 is 0 Å². The number of carbonyl (C=O) groups is 3. The smallest absolute Gasteiger partial charge is 0.289 e. The maximum absolute atomic E-state index is 13.3. The molecule has 0 aliphatic heterocycles. The number of rotatable bonds is 4. The largest absolute Gasteiger partial charge is 0.363 e. The van der Waals surface area contributed by atoms with Crippen LogP contribution < -0.4 is 11.1 Å². The Labute approximate surface area is 136 Å². The first-order valence-corrected chi connectivity index (χ1v) is 6.77. The summed E-state index contributed by atoms with van der Waals surface area (Å²) >= 11 is 0. The highest BCUT2D eigenvalue weighted by atomic mass is 19.1. The van der Waals surface area contributed by atoms with Crippen LogP contribution in [0, 0.1) is 24.1 Å². The van der Waals surface area contributed by atoms with Crippen LogP contribution in [-0.4, -0.2) is 22.2 Å². The van der Waals surface area contributed by atoms with Gasteiger partial charge in [-0.2, -0.15) is 5.26 Å². The van der Waals surface area contributed by atoms with Crippen molar-refractivity contribution in [1.29, 1.82) is 5.26 Å². The Bertz CT molecular complexity index is 909. The number of Topliss-reactive ketones (excluding diaryl/α,β-unsaturated/α-hetero) is 1. The van der Waals surface area contributed by atoms with E-state index in [1.54, 1.807) is 20.0 Å². The van der Waals surface area contributed by atoms with Crippen molar-refractivity contribution in [2.45, 2.75) is 6.92 Å². The van der Waals surface area contributed by atoms with E-state index in [4.69, 9.17) is 11.0 Å². The topological polar surface area (TPSA) is 118 Å². The average Bonchev–Trinajstić information content (AvgIpc) is 2.84. The molecule has 0 saturated heterocycles. The van der Waals surface area contributed by atoms with E-state index in [-0.39, 0.29) is 22.5 Å². The zero-order valence-electron chi connectivity index (χ0n) is 12.9. The van der Waals surface area contributed by atoms with E-state index in [9.17, 15) is 18.8 Å². The Morgan fingerprint density at radius 1 is 1.29 bits per heavy atom. The lowest BCUT2D eigenvalue weighted by molar-refractivity contribution is -0.114. The molecular weight excluding hydrogens is 315 g/mol. The highest BCUT2D eigenvalue weighted by Crippen LogP contribution is 2.18. The molecule has 2 aromatic rings. The van der Waals surface area contributed by atoms with Gasteiger partial charge in [-0.05, 0) is 31.2 Å². The summed E-state index contributed by atoms with van der Waals surface area (Å²) < 4.78 is 14.7. The molecule has 0 unspecified atom stereocenters. The third-order valence-electron chi connectivity index (χ3n) is 3.58. The molecule has 0 aliphatic carbocycles. The molecule has 1 heterocycles. The van der Waals surface area contributed by atoms with Gasteiger partial charge in [0.2, 0.25) is 0 Å². The van der Waals surface area contributed by atoms with Crippen molar-refractivity contribution in [3.8, 4) is 6.07 Å². The summed E-state index contributed by atoms with van der Waals surface area (Å²) in [5.74, 6) is -3.29. The third-order valence-corrected chi connectivity index (χ3v) is 3.58. The fourth-order valence-corrected chi connectivity index (χ4v) is 2.16. The molecule has 0 bridgehead atoms. The van der Waals surface area contributed by atoms with Crippen LogP contribution in [0.3, 0.4) is 0 Å². The number of nitriles is 1. The molecule has 3 N–H and O–H groups in total. The van der Waals surface area contributed by atoms with E-state index in [1.165, 1.54) is 22.8 Å². The van der Waals surface area contributed by atoms with Crippen LogP contribution in [0.5, 0.6) is 0 Å². The maximum Gasteiger partial charge on any atom is 0.289 e. The van der Waals surface area contributed by atoms with Crippen LogP contribution in [-0.2, 0) is 11.8 Å². The van der Waals surface area contributed by atoms with Crippen LogP contribution >= 0.6 is 0 Å². The van der Waals surface area contributed by atoms with Crippen molar-refractivity contribution in [3.05, 3.63) is 52.6 Å². The van der Waals surface area contributed by atoms with Crippen molar-refractivity contribution in [3.63, 3.8) is 0 Å². The van der Waals surface area contributed by atoms with Gasteiger partial charge in [-0.25, -0.2) is 4.39 Å². The first-order valence-electron chi connectivity index (χ1n) is 6.77. The van der Waals surface area contributed by atoms with E-state index < -0.39 is 23.4 Å². The summed E-state index contributed by atoms with van der Waals surface area (Å²) in [6.07, 6.45) is 0. The van der Waals surface area contributed by atoms with Crippen molar-refractivity contribution in [2.24, 2.45) is 12.8 Å². The lowest BCUT2D eigenvalue weighted by atomic mass is 10.1. The minimum absolute atomic E-state index is 0.0342. The Morgan fingerprint density at radius 2 is 1.96 bits per heavy atom. The molecular formula is C16H13FN4O3. The van der Waals surface area contributed by atoms with E-state index in [1.807, 2.05) is 0 Å². The van der Waals surface area contributed by atoms with Gasteiger partial charge in [-0.1, -0.05) is 0 Å². The first-order chi connectivity index (χ1) is 11.3. The number of nitrogens with zero attached hydrogens (tertiary/aromatic N) is 2. The molecule has 1 aromatic heterocycles. The highest BCUT2D eigenvalue weighted by Gasteiger charge is 2.22. The van der Waals surface area contributed by atoms with Gasteiger partial charge in [0.1, 0.15) is 17.6 Å². The Morgan fingerprint density at radius 3 is 2.54 bits per heavy atom. The second kappa shape index (κ2) is 6.34. The van der Waals surface area contributed by atoms with E-state index in [0.29, 0.717) is 5.69 Å². The number of primary amides is 1. The minimum Gasteiger partial charge on any atom is -0.363 e. The van der Waals surface area contributed by atoms with Gasteiger partial charge < -0.3 is 15.6 Å². The normalized spacial score (nSPS) is 10.1. The monoisotopic (exact) mass is 328 g/mol. The lowest BCUT2D eigenvalue weighted by Gasteiger charge is -2.07. The van der Waals surface area contributed by atoms with Gasteiger partial charge in [0.15, 0.2) is 0 Å². The van der Waals surface area contributed by atoms with Gasteiger partial charge in [0.25, 0.3) is 17.6 Å². The third kappa shape index (κ3) is 3.01. The number of anilines is 1. The van der Waals surface area contributed by atoms with Crippen LogP contribution in [0.4, 0.5) is 10.1 Å². The van der Waals surface area contributed by atoms with Crippen LogP contribution in [0.25, 0.3) is 0 Å². The minimum atomic E-state index is -1.12. The van der Waals surface area contributed by atoms with Crippen molar-refractivity contribution >= 4 is 23.3 Å². The second-order valence-electron chi connectivity index (χ2n) is 5.04. The van der Waals surface area contributed by atoms with Gasteiger partial charge in [0.05, 0.1) is 5.56 Å². The maximum atomic E-state index is 13.3. The van der Waals surface area contributed by atoms with Crippen LogP contribution in [0.1, 0.15) is 32.1 Å². The summed E-state index contributed by atoms with van der Waals surface area (Å²) in [5, 5.41) is 11.3. The molecule has 122 valence electrons. The van der Waals surface area contributed by atoms with Crippen LogP contribution in [0.15, 0.2) is 24.3 Å². The lowest BCUT2D eigenvalue weighted by Crippen LogP contribution is -2.23. The number of aromatic nitrogens is 1. The first kappa shape index (κ1) is 16.9. The average molecular weight is 328 g/mol. The summed E-state index contributed by atoms with van der Waals surface area (Å²) in [6.45, 7) is 1.57. The van der Waals surface area contributed by atoms with Gasteiger partial charge in [0, 0.05) is 24.0 Å². The van der Waals surface area contributed by atoms with Gasteiger partial charge in [-0.15, -0.1) is 0 Å². The number of halogens is 1. The molecule has 24 heavy (non-hydrogen) atoms. The summed E-state index contributed by atoms with van der Waals surface area (Å²) in [4.78, 5) is 35.1. The van der Waals surface area contributed by atoms with Gasteiger partial charge in [-0.3, -0.25) is 14.4 Å². The number of benzene rings is 1. The molecule has 0 saturated carbocycles. The number of amides is 2. The molecule has 0 atom stereocenters. The summed E-state index contributed by atoms with van der Waals surface area (Å²) in [7, 11) is 1.55. The Hall–Kier alpha value is -3.47. The highest BCUT2D eigenvalue weighted by molar-refractivity contribution is 6.42. The summed E-state index contributed by atoms with van der Waals surface area (Å²) in [6, 6.07) is 6.49.